The lowest BCUT2D eigenvalue weighted by atomic mass is 10.1. The first kappa shape index (κ1) is 69.1. The van der Waals surface area contributed by atoms with E-state index in [-0.39, 0.29) is 34.0 Å². The number of nitriles is 3. The van der Waals surface area contributed by atoms with Crippen LogP contribution in [-0.4, -0.2) is 161 Å². The zero-order chi connectivity index (χ0) is 63.7. The number of nitrogen functional groups attached to an aromatic ring is 1. The van der Waals surface area contributed by atoms with Crippen LogP contribution in [-0.2, 0) is 33.3 Å². The third kappa shape index (κ3) is 20.5. The molecule has 3 saturated heterocycles. The summed E-state index contributed by atoms with van der Waals surface area (Å²) in [7, 11) is -2.28. The number of nitrogens with one attached hydrogen (secondary N) is 1. The van der Waals surface area contributed by atoms with Crippen molar-refractivity contribution in [3.63, 3.8) is 0 Å². The highest BCUT2D eigenvalue weighted by atomic mass is 35.7. The Kier molecular flexibility index (Phi) is 26.9. The second kappa shape index (κ2) is 33.9. The van der Waals surface area contributed by atoms with Gasteiger partial charge in [0.25, 0.3) is 19.1 Å². The van der Waals surface area contributed by atoms with E-state index in [2.05, 4.69) is 47.2 Å². The Hall–Kier alpha value is -8.63. The molecule has 3 aliphatic rings. The zero-order valence-electron chi connectivity index (χ0n) is 50.5. The van der Waals surface area contributed by atoms with E-state index in [9.17, 15) is 41.7 Å². The third-order valence-electron chi connectivity index (χ3n) is 13.7. The third-order valence-corrected chi connectivity index (χ3v) is 16.9. The number of hydrogen-bond donors (Lipinski definition) is 2. The molecule has 3 heterocycles. The van der Waals surface area contributed by atoms with Gasteiger partial charge in [-0.2, -0.15) is 15.8 Å². The number of nitrogens with zero attached hydrogens (tertiary/aromatic N) is 10. The van der Waals surface area contributed by atoms with E-state index >= 15 is 0 Å². The fourth-order valence-corrected chi connectivity index (χ4v) is 11.7. The molecule has 0 spiro atoms. The minimum Gasteiger partial charge on any atom is -0.450 e. The van der Waals surface area contributed by atoms with Crippen molar-refractivity contribution in [2.24, 2.45) is 11.8 Å². The maximum Gasteiger partial charge on any atom is 0.409 e. The van der Waals surface area contributed by atoms with Crippen LogP contribution in [0.2, 0.25) is 0 Å². The van der Waals surface area contributed by atoms with Gasteiger partial charge in [0.2, 0.25) is 0 Å². The molecule has 3 aliphatic heterocycles. The van der Waals surface area contributed by atoms with E-state index in [0.29, 0.717) is 139 Å². The van der Waals surface area contributed by atoms with Crippen molar-refractivity contribution in [2.45, 2.75) is 58.3 Å². The first-order valence-electron chi connectivity index (χ1n) is 28.8. The van der Waals surface area contributed by atoms with Gasteiger partial charge in [-0.3, -0.25) is 4.31 Å². The Labute approximate surface area is 517 Å². The van der Waals surface area contributed by atoms with Crippen LogP contribution in [0.1, 0.15) is 65.2 Å². The number of hydrogen-bond acceptors (Lipinski definition) is 18. The molecule has 5 aromatic carbocycles. The first-order chi connectivity index (χ1) is 41.6. The van der Waals surface area contributed by atoms with Gasteiger partial charge < -0.3 is 54.7 Å². The summed E-state index contributed by atoms with van der Waals surface area (Å²) in [6.45, 7) is 23.1. The average Bonchev–Trinajstić information content (AvgIpc) is 1.32. The van der Waals surface area contributed by atoms with Crippen molar-refractivity contribution < 1.29 is 45.4 Å². The van der Waals surface area contributed by atoms with E-state index in [4.69, 9.17) is 35.9 Å². The summed E-state index contributed by atoms with van der Waals surface area (Å²) < 4.78 is 64.4. The average molecular weight is 1250 g/mol. The van der Waals surface area contributed by atoms with Crippen molar-refractivity contribution in [3.8, 4) is 18.2 Å². The molecular weight excluding hydrogens is 1170 g/mol. The smallest absolute Gasteiger partial charge is 0.409 e. The second-order valence-corrected chi connectivity index (χ2v) is 25.3. The number of benzene rings is 5. The molecule has 0 atom stereocenters. The molecule has 0 aliphatic carbocycles. The number of amides is 3. The van der Waals surface area contributed by atoms with Gasteiger partial charge in [-0.25, -0.2) is 31.2 Å². The van der Waals surface area contributed by atoms with Crippen LogP contribution in [0.25, 0.3) is 0 Å². The lowest BCUT2D eigenvalue weighted by Gasteiger charge is -2.36. The zero-order valence-corrected chi connectivity index (χ0v) is 52.9. The van der Waals surface area contributed by atoms with E-state index in [1.54, 1.807) is 107 Å². The predicted molar refractivity (Wildman–Crippen MR) is 339 cm³/mol. The van der Waals surface area contributed by atoms with Crippen LogP contribution in [0.5, 0.6) is 0 Å². The van der Waals surface area contributed by atoms with Crippen molar-refractivity contribution in [2.75, 3.05) is 142 Å². The van der Waals surface area contributed by atoms with Gasteiger partial charge in [0.1, 0.15) is 18.2 Å². The summed E-state index contributed by atoms with van der Waals surface area (Å²) in [4.78, 5) is 47.0. The molecule has 0 aromatic heterocycles. The molecule has 0 saturated carbocycles. The molecule has 25 heteroatoms. The summed E-state index contributed by atoms with van der Waals surface area (Å²) in [5.41, 5.74) is 11.8. The van der Waals surface area contributed by atoms with Gasteiger partial charge in [-0.05, 0) is 111 Å². The van der Waals surface area contributed by atoms with E-state index in [1.165, 1.54) is 16.4 Å². The summed E-state index contributed by atoms with van der Waals surface area (Å²) in [6.07, 6.45) is -0.862. The molecule has 0 radical (unpaired) electrons. The summed E-state index contributed by atoms with van der Waals surface area (Å²) in [5, 5.41) is 31.8. The molecular formula is C62H79ClN12O10S2. The Morgan fingerprint density at radius 2 is 0.920 bits per heavy atom. The molecule has 466 valence electrons. The number of anilines is 6. The van der Waals surface area contributed by atoms with Crippen LogP contribution in [0.4, 0.5) is 48.5 Å². The summed E-state index contributed by atoms with van der Waals surface area (Å²) >= 11 is 0. The van der Waals surface area contributed by atoms with Crippen molar-refractivity contribution in [1.29, 1.82) is 15.8 Å². The predicted octanol–water partition coefficient (Wildman–Crippen LogP) is 9.63. The maximum absolute atomic E-state index is 13.4. The van der Waals surface area contributed by atoms with Gasteiger partial charge in [0, 0.05) is 114 Å². The van der Waals surface area contributed by atoms with Crippen LogP contribution < -0.4 is 30.1 Å². The Morgan fingerprint density at radius 1 is 0.540 bits per heavy atom. The molecule has 0 unspecified atom stereocenters. The lowest BCUT2D eigenvalue weighted by molar-refractivity contribution is 0.104. The Bertz CT molecular complexity index is 3410. The van der Waals surface area contributed by atoms with Crippen LogP contribution in [0.15, 0.2) is 125 Å². The number of carbonyl (C=O) groups is 3. The molecule has 3 amide bonds. The Morgan fingerprint density at radius 3 is 1.29 bits per heavy atom. The molecule has 87 heavy (non-hydrogen) atoms. The highest BCUT2D eigenvalue weighted by Gasteiger charge is 2.29. The number of sulfonamides is 1. The quantitative estimate of drug-likeness (QED) is 0.0560. The van der Waals surface area contributed by atoms with E-state index < -0.39 is 19.1 Å². The number of piperazine rings is 3. The van der Waals surface area contributed by atoms with E-state index in [0.717, 1.165) is 29.3 Å². The van der Waals surface area contributed by atoms with Gasteiger partial charge in [0.05, 0.1) is 69.1 Å². The van der Waals surface area contributed by atoms with Crippen LogP contribution in [0.3, 0.4) is 0 Å². The number of ether oxygens (including phenoxy) is 3. The van der Waals surface area contributed by atoms with Gasteiger partial charge >= 0.3 is 18.3 Å². The monoisotopic (exact) mass is 1250 g/mol. The topological polar surface area (TPSA) is 279 Å². The first-order valence-corrected chi connectivity index (χ1v) is 32.5. The molecule has 3 N–H and O–H groups in total. The van der Waals surface area contributed by atoms with Crippen molar-refractivity contribution >= 4 is 82.2 Å². The van der Waals surface area contributed by atoms with Crippen LogP contribution in [0, 0.1) is 45.8 Å². The van der Waals surface area contributed by atoms with Crippen molar-refractivity contribution in [1.82, 2.24) is 14.7 Å². The number of nitrogens with two attached hydrogens (primary N) is 1. The number of halogens is 1. The fraction of sp³-hybridized carbons (Fsp3) is 0.419. The van der Waals surface area contributed by atoms with Crippen LogP contribution >= 0.6 is 10.7 Å². The summed E-state index contributed by atoms with van der Waals surface area (Å²) in [6, 6.07) is 39.2. The molecule has 5 aromatic rings. The van der Waals surface area contributed by atoms with Gasteiger partial charge in [0.15, 0.2) is 0 Å². The fourth-order valence-electron chi connectivity index (χ4n) is 9.31. The molecule has 22 nitrogen and oxygen atoms in total. The normalized spacial score (nSPS) is 14.1. The van der Waals surface area contributed by atoms with Crippen molar-refractivity contribution in [3.05, 3.63) is 132 Å². The minimum absolute atomic E-state index is 0.0876. The SMILES string of the molecule is CCOC(=O)N1CCN(c2ccc(N(CC(C)C)S(=O)(=O)c3ccccc3)cc2C#N)CC1.CCOC(=O)N1CCN(c2ccc(N)cc2C#N)CC1.CCOC(=O)N1CCN(c2ccc(NCC(C)C)cc2C#N)CC1.O=S(=O)(Cl)c1ccccc1. The number of carbonyl (C=O) groups excluding carboxylic acids is 3. The lowest BCUT2D eigenvalue weighted by Crippen LogP contribution is -2.49. The second-order valence-electron chi connectivity index (χ2n) is 20.8. The van der Waals surface area contributed by atoms with E-state index in [1.807, 2.05) is 49.9 Å². The molecule has 3 fully saturated rings. The highest BCUT2D eigenvalue weighted by molar-refractivity contribution is 8.13. The standard InChI is InChI=1S/C24H30N4O4S.C18H26N4O2.C14H18N4O2.C6H5ClO2S/c1-4-32-24(29)27-14-12-26(13-15-27)23-11-10-21(16-20(23)17-25)28(18-19(2)3)33(30,31)22-8-6-5-7-9-22;1-4-24-18(23)22-9-7-21(8-10-22)17-6-5-16(11-15(17)12-19)20-13-14(2)3;1-2-20-14(19)18-7-5-17(6-8-18)13-4-3-12(16)9-11(13)10-15;7-10(8,9)6-4-2-1-3-5-6/h5-11,16,19H,4,12-15,18H2,1-3H3;5-6,11,14,20H,4,7-10,13H2,1-3H3;3-4,9H,2,5-8,16H2,1H3;1-5H. The van der Waals surface area contributed by atoms with Gasteiger partial charge in [-0.1, -0.05) is 64.1 Å². The minimum atomic E-state index is -3.78. The molecule has 0 bridgehead atoms. The summed E-state index contributed by atoms with van der Waals surface area (Å²) in [5.74, 6) is 0.635. The number of rotatable bonds is 15. The highest BCUT2D eigenvalue weighted by Crippen LogP contribution is 2.32. The largest absolute Gasteiger partial charge is 0.450 e. The Balaban J connectivity index is 0.000000226. The molecule has 8 rings (SSSR count). The maximum atomic E-state index is 13.4. The van der Waals surface area contributed by atoms with Gasteiger partial charge in [-0.15, -0.1) is 0 Å².